The predicted octanol–water partition coefficient (Wildman–Crippen LogP) is 22.7. The first-order valence-electron chi connectivity index (χ1n) is 31.1. The molecule has 442 valence electrons. The van der Waals surface area contributed by atoms with E-state index in [0.717, 1.165) is 79.1 Å². The second-order valence-electron chi connectivity index (χ2n) is 29.5. The Labute approximate surface area is 520 Å². The molecule has 0 atom stereocenters. The monoisotopic (exact) mass is 1140 g/mol. The lowest BCUT2D eigenvalue weighted by Crippen LogP contribution is -2.39. The second kappa shape index (κ2) is 22.3. The van der Waals surface area contributed by atoms with E-state index < -0.39 is 5.41 Å². The van der Waals surface area contributed by atoms with Crippen molar-refractivity contribution >= 4 is 34.1 Å². The molecule has 0 N–H and O–H groups in total. The van der Waals surface area contributed by atoms with Crippen LogP contribution in [-0.2, 0) is 32.5 Å². The largest absolute Gasteiger partial charge is 0.457 e. The molecule has 1 aliphatic heterocycles. The van der Waals surface area contributed by atoms with Crippen molar-refractivity contribution in [1.29, 1.82) is 0 Å². The third-order valence-corrected chi connectivity index (χ3v) is 17.7. The summed E-state index contributed by atoms with van der Waals surface area (Å²) < 4.78 is 7.40. The Morgan fingerprint density at radius 1 is 0.391 bits per heavy atom. The first-order chi connectivity index (χ1) is 41.0. The number of fused-ring (bicyclic) bond motifs is 2. The maximum atomic E-state index is 7.40. The lowest BCUT2D eigenvalue weighted by molar-refractivity contribution is 0.481. The topological polar surface area (TPSA) is 41.5 Å². The van der Waals surface area contributed by atoms with E-state index in [2.05, 4.69) is 322 Å². The van der Waals surface area contributed by atoms with Gasteiger partial charge in [0.05, 0.1) is 28.2 Å². The van der Waals surface area contributed by atoms with Crippen molar-refractivity contribution in [2.24, 2.45) is 0 Å². The number of rotatable bonds is 10. The Morgan fingerprint density at radius 3 is 1.38 bits per heavy atom. The van der Waals surface area contributed by atoms with Crippen LogP contribution in [0.4, 0.5) is 34.1 Å². The smallest absolute Gasteiger partial charge is 0.128 e. The minimum atomic E-state index is -0.894. The molecule has 0 radical (unpaired) electrons. The normalized spacial score (nSPS) is 13.5. The molecular formula is C82H88N4O. The summed E-state index contributed by atoms with van der Waals surface area (Å²) in [6, 6.07) is 72.3. The predicted molar refractivity (Wildman–Crippen MR) is 368 cm³/mol. The van der Waals surface area contributed by atoms with E-state index in [-0.39, 0.29) is 27.1 Å². The van der Waals surface area contributed by atoms with Gasteiger partial charge >= 0.3 is 0 Å². The second-order valence-corrected chi connectivity index (χ2v) is 29.5. The number of aryl methyl sites for hydroxylation is 3. The number of nitrogens with zero attached hydrogens (tertiary/aromatic N) is 4. The number of hydrogen-bond acceptors (Lipinski definition) is 5. The highest BCUT2D eigenvalue weighted by Gasteiger charge is 2.49. The first kappa shape index (κ1) is 60.2. The minimum Gasteiger partial charge on any atom is -0.457 e. The van der Waals surface area contributed by atoms with Gasteiger partial charge in [-0.2, -0.15) is 0 Å². The van der Waals surface area contributed by atoms with Crippen LogP contribution in [0.3, 0.4) is 0 Å². The fourth-order valence-electron chi connectivity index (χ4n) is 12.9. The van der Waals surface area contributed by atoms with Crippen LogP contribution in [0.5, 0.6) is 11.5 Å². The number of benzene rings is 8. The third kappa shape index (κ3) is 11.8. The van der Waals surface area contributed by atoms with Gasteiger partial charge in [-0.05, 0) is 218 Å². The minimum absolute atomic E-state index is 0.00552. The quantitative estimate of drug-likeness (QED) is 0.136. The van der Waals surface area contributed by atoms with E-state index in [1.807, 2.05) is 18.5 Å². The Bertz CT molecular complexity index is 4010. The summed E-state index contributed by atoms with van der Waals surface area (Å²) in [5.74, 6) is 1.43. The summed E-state index contributed by atoms with van der Waals surface area (Å²) >= 11 is 0. The summed E-state index contributed by atoms with van der Waals surface area (Å²) in [5.41, 5.74) is 23.7. The summed E-state index contributed by atoms with van der Waals surface area (Å²) in [5, 5.41) is 0. The highest BCUT2D eigenvalue weighted by atomic mass is 16.5. The van der Waals surface area contributed by atoms with Gasteiger partial charge in [0.1, 0.15) is 11.5 Å². The van der Waals surface area contributed by atoms with Crippen molar-refractivity contribution in [2.45, 2.75) is 157 Å². The molecule has 5 nitrogen and oxygen atoms in total. The van der Waals surface area contributed by atoms with Crippen molar-refractivity contribution < 1.29 is 4.74 Å². The molecule has 87 heavy (non-hydrogen) atoms. The van der Waals surface area contributed by atoms with Gasteiger partial charge in [0.25, 0.3) is 0 Å². The van der Waals surface area contributed by atoms with Crippen LogP contribution in [0.25, 0.3) is 22.4 Å². The van der Waals surface area contributed by atoms with Gasteiger partial charge in [-0.3, -0.25) is 9.97 Å². The Kier molecular flexibility index (Phi) is 15.4. The average molecular weight is 1150 g/mol. The molecule has 0 spiro atoms. The van der Waals surface area contributed by atoms with E-state index >= 15 is 0 Å². The Balaban J connectivity index is 1.11. The molecule has 11 rings (SSSR count). The van der Waals surface area contributed by atoms with Gasteiger partial charge in [-0.15, -0.1) is 0 Å². The molecule has 8 aromatic carbocycles. The lowest BCUT2D eigenvalue weighted by Gasteiger charge is -2.47. The van der Waals surface area contributed by atoms with Crippen LogP contribution in [0, 0.1) is 20.8 Å². The van der Waals surface area contributed by atoms with Crippen LogP contribution < -0.4 is 14.5 Å². The van der Waals surface area contributed by atoms with Crippen molar-refractivity contribution in [3.8, 4) is 33.9 Å². The van der Waals surface area contributed by atoms with E-state index in [1.54, 1.807) is 0 Å². The molecule has 0 saturated carbocycles. The van der Waals surface area contributed by atoms with Crippen LogP contribution in [0.15, 0.2) is 207 Å². The third-order valence-electron chi connectivity index (χ3n) is 17.7. The van der Waals surface area contributed by atoms with Crippen LogP contribution in [-0.4, -0.2) is 9.97 Å². The van der Waals surface area contributed by atoms with Gasteiger partial charge < -0.3 is 14.5 Å². The molecule has 0 fully saturated rings. The van der Waals surface area contributed by atoms with Crippen molar-refractivity contribution in [3.63, 3.8) is 0 Å². The number of pyridine rings is 2. The van der Waals surface area contributed by atoms with Gasteiger partial charge in [0.2, 0.25) is 0 Å². The van der Waals surface area contributed by atoms with Gasteiger partial charge in [-0.25, -0.2) is 0 Å². The zero-order valence-corrected chi connectivity index (χ0v) is 54.8. The summed E-state index contributed by atoms with van der Waals surface area (Å²) in [6.45, 7) is 40.9. The molecule has 2 aromatic heterocycles. The zero-order valence-electron chi connectivity index (χ0n) is 54.8. The van der Waals surface area contributed by atoms with Crippen molar-refractivity contribution in [3.05, 3.63) is 273 Å². The molecule has 0 saturated heterocycles. The van der Waals surface area contributed by atoms with Gasteiger partial charge in [0.15, 0.2) is 0 Å². The molecule has 0 unspecified atom stereocenters. The van der Waals surface area contributed by atoms with E-state index in [9.17, 15) is 0 Å². The molecule has 5 heteroatoms. The van der Waals surface area contributed by atoms with Crippen LogP contribution >= 0.6 is 0 Å². The Hall–Kier alpha value is -8.54. The number of hydrogen-bond donors (Lipinski definition) is 0. The van der Waals surface area contributed by atoms with Crippen molar-refractivity contribution in [1.82, 2.24) is 9.97 Å². The SMILES string of the molecule is Cc1cc(C)c(-c2cc(Oc3cccc(C4(c5ccccn5)c5cc(C(C)(C)C)ccc5N(c5ccc(C(C)(C)C)cc5)c5ccc(C(C)(C)C)cc54)c3)cc(-c3cc(N(c4ccc(C(C)(C)C)cc4)c4ccc(C(C)(C)C)cc4)ccn3)c2)c(C)c1. The maximum absolute atomic E-state index is 7.40. The standard InChI is InChI=1S/C82H88N4O/c1-53-44-54(2)76(55(3)45-53)57-46-56(72-52-67(41-43-83-72)85(64-33-25-58(26-34-64)77(4,5)6)65-35-27-59(28-36-65)78(7,8)9)47-69(48-57)87-68-23-21-22-63(49-68)82(75-24-19-20-42-84-75)70-50-61(80(13,14)15)31-39-73(70)86(66-37-29-60(30-38-66)79(10,11)12)74-40-32-62(51-71(74)82)81(16,17)18/h19-52H,1-18H3. The summed E-state index contributed by atoms with van der Waals surface area (Å²) in [7, 11) is 0. The van der Waals surface area contributed by atoms with Gasteiger partial charge in [-0.1, -0.05) is 200 Å². The maximum Gasteiger partial charge on any atom is 0.128 e. The first-order valence-corrected chi connectivity index (χ1v) is 31.1. The molecule has 3 heterocycles. The molecule has 0 bridgehead atoms. The fourth-order valence-corrected chi connectivity index (χ4v) is 12.9. The molecular weight excluding hydrogens is 1060 g/mol. The number of anilines is 6. The highest BCUT2D eigenvalue weighted by molar-refractivity contribution is 5.90. The highest BCUT2D eigenvalue weighted by Crippen LogP contribution is 2.59. The molecule has 0 amide bonds. The number of aromatic nitrogens is 2. The number of ether oxygens (including phenoxy) is 1. The van der Waals surface area contributed by atoms with Gasteiger partial charge in [0, 0.05) is 40.7 Å². The Morgan fingerprint density at radius 2 is 0.885 bits per heavy atom. The summed E-state index contributed by atoms with van der Waals surface area (Å²) in [4.78, 5) is 15.4. The van der Waals surface area contributed by atoms with Crippen LogP contribution in [0.1, 0.15) is 171 Å². The molecule has 10 aromatic rings. The molecule has 1 aliphatic rings. The van der Waals surface area contributed by atoms with E-state index in [0.29, 0.717) is 5.75 Å². The fraction of sp³-hybridized carbons (Fsp3) is 0.293. The lowest BCUT2D eigenvalue weighted by atomic mass is 9.62. The summed E-state index contributed by atoms with van der Waals surface area (Å²) in [6.07, 6.45) is 3.89. The van der Waals surface area contributed by atoms with Crippen LogP contribution in [0.2, 0.25) is 0 Å². The average Bonchev–Trinajstić information content (AvgIpc) is 0.719. The van der Waals surface area contributed by atoms with Crippen molar-refractivity contribution in [2.75, 3.05) is 9.80 Å². The molecule has 0 aliphatic carbocycles. The van der Waals surface area contributed by atoms with E-state index in [4.69, 9.17) is 14.7 Å². The van der Waals surface area contributed by atoms with E-state index in [1.165, 1.54) is 50.1 Å². The zero-order chi connectivity index (χ0) is 62.2.